The minimum absolute atomic E-state index is 0.556. The molecule has 1 aromatic heterocycles. The van der Waals surface area contributed by atoms with Gasteiger partial charge in [-0.1, -0.05) is 64.8 Å². The zero-order valence-corrected chi connectivity index (χ0v) is 34.3. The molecule has 0 amide bonds. The molecule has 1 aliphatic heterocycles. The first-order valence-corrected chi connectivity index (χ1v) is 19.3. The van der Waals surface area contributed by atoms with Gasteiger partial charge in [0.25, 0.3) is 5.97 Å². The third-order valence-corrected chi connectivity index (χ3v) is 10.5. The number of carboxylic acids is 1. The normalized spacial score (nSPS) is 14.5. The maximum Gasteiger partial charge on any atom is 0.300 e. The van der Waals surface area contributed by atoms with Gasteiger partial charge in [0.2, 0.25) is 0 Å². The number of hydrogen-bond acceptors (Lipinski definition) is 7. The standard InChI is InChI=1S/C39H54N2O3S.C2H4O2.C2H6/c1-10-12-31-22-34(24-37(43-8)39(31)44-9)38-16-15-35(45-38)26-41-19-17-40(18-20-41)25-32(27(3)11-2)14-13-28(4)33-21-29(5)30(6)36(23-33)42-7;1-2(3)4;1-2/h13-16,21-24,27H,10-12,17-20,25-26H2,1-9H3;1H3,(H,3,4);1-2H3/b28-13+,32-14-;;. The molecule has 1 saturated heterocycles. The lowest BCUT2D eigenvalue weighted by molar-refractivity contribution is -0.134. The van der Waals surface area contributed by atoms with E-state index >= 15 is 0 Å². The van der Waals surface area contributed by atoms with Crippen LogP contribution in [-0.4, -0.2) is 74.9 Å². The number of carboxylic acid groups (broad SMARTS) is 1. The van der Waals surface area contributed by atoms with Gasteiger partial charge in [-0.25, -0.2) is 0 Å². The molecule has 51 heavy (non-hydrogen) atoms. The van der Waals surface area contributed by atoms with Gasteiger partial charge in [0.15, 0.2) is 11.5 Å². The minimum Gasteiger partial charge on any atom is -0.496 e. The average Bonchev–Trinajstić information content (AvgIpc) is 3.60. The minimum atomic E-state index is -0.833. The fraction of sp³-hybridized carbons (Fsp3) is 0.512. The quantitative estimate of drug-likeness (QED) is 0.166. The second kappa shape index (κ2) is 22.4. The number of aliphatic carboxylic acids is 1. The molecule has 1 unspecified atom stereocenters. The van der Waals surface area contributed by atoms with E-state index in [2.05, 4.69) is 99.9 Å². The summed E-state index contributed by atoms with van der Waals surface area (Å²) in [5, 5.41) is 7.42. The number of allylic oxidation sites excluding steroid dienone is 3. The number of methoxy groups -OCH3 is 3. The molecule has 282 valence electrons. The summed E-state index contributed by atoms with van der Waals surface area (Å²) in [5.74, 6) is 2.35. The van der Waals surface area contributed by atoms with Crippen molar-refractivity contribution >= 4 is 22.9 Å². The Balaban J connectivity index is 0.00000140. The van der Waals surface area contributed by atoms with Crippen molar-refractivity contribution in [2.75, 3.05) is 54.1 Å². The molecule has 4 rings (SSSR count). The molecule has 1 N–H and O–H groups in total. The highest BCUT2D eigenvalue weighted by atomic mass is 32.1. The van der Waals surface area contributed by atoms with Crippen molar-refractivity contribution in [1.29, 1.82) is 0 Å². The summed E-state index contributed by atoms with van der Waals surface area (Å²) in [6.45, 7) is 24.8. The summed E-state index contributed by atoms with van der Waals surface area (Å²) in [4.78, 5) is 16.9. The molecule has 1 fully saturated rings. The van der Waals surface area contributed by atoms with Crippen LogP contribution in [-0.2, 0) is 17.8 Å². The predicted molar refractivity (Wildman–Crippen MR) is 217 cm³/mol. The number of piperazine rings is 1. The second-order valence-corrected chi connectivity index (χ2v) is 14.1. The molecular weight excluding hydrogens is 657 g/mol. The van der Waals surface area contributed by atoms with Gasteiger partial charge in [0.1, 0.15) is 5.75 Å². The molecule has 0 aliphatic carbocycles. The van der Waals surface area contributed by atoms with Crippen molar-refractivity contribution in [2.24, 2.45) is 5.92 Å². The van der Waals surface area contributed by atoms with Crippen LogP contribution in [0.15, 0.2) is 54.1 Å². The van der Waals surface area contributed by atoms with Crippen LogP contribution in [0.3, 0.4) is 0 Å². The Morgan fingerprint density at radius 1 is 0.902 bits per heavy atom. The molecule has 1 atom stereocenters. The molecule has 0 radical (unpaired) electrons. The Morgan fingerprint density at radius 3 is 2.10 bits per heavy atom. The van der Waals surface area contributed by atoms with Crippen LogP contribution in [0, 0.1) is 19.8 Å². The lowest BCUT2D eigenvalue weighted by Gasteiger charge is -2.35. The fourth-order valence-corrected chi connectivity index (χ4v) is 7.11. The third-order valence-electron chi connectivity index (χ3n) is 9.36. The molecule has 2 heterocycles. The van der Waals surface area contributed by atoms with Gasteiger partial charge in [0.05, 0.1) is 21.3 Å². The molecule has 8 heteroatoms. The van der Waals surface area contributed by atoms with E-state index in [0.717, 1.165) is 82.7 Å². The smallest absolute Gasteiger partial charge is 0.300 e. The Morgan fingerprint density at radius 2 is 1.53 bits per heavy atom. The van der Waals surface area contributed by atoms with E-state index in [1.54, 1.807) is 21.3 Å². The summed E-state index contributed by atoms with van der Waals surface area (Å²) in [6, 6.07) is 13.4. The number of carbonyl (C=O) groups is 1. The summed E-state index contributed by atoms with van der Waals surface area (Å²) < 4.78 is 17.0. The predicted octanol–water partition coefficient (Wildman–Crippen LogP) is 10.3. The molecule has 0 saturated carbocycles. The van der Waals surface area contributed by atoms with E-state index in [-0.39, 0.29) is 0 Å². The molecule has 0 spiro atoms. The zero-order valence-electron chi connectivity index (χ0n) is 33.4. The Labute approximate surface area is 312 Å². The fourth-order valence-electron chi connectivity index (χ4n) is 6.07. The number of rotatable bonds is 14. The first-order chi connectivity index (χ1) is 24.4. The number of ether oxygens (including phenoxy) is 3. The summed E-state index contributed by atoms with van der Waals surface area (Å²) >= 11 is 1.89. The SMILES string of the molecule is CC.CC(=O)O.CCCc1cc(-c2ccc(CN3CCN(C/C(=C/C=C(\C)c4cc(C)c(C)c(OC)c4)C(C)CC)CC3)s2)cc(OC)c1OC. The highest BCUT2D eigenvalue weighted by Crippen LogP contribution is 2.39. The van der Waals surface area contributed by atoms with E-state index in [1.165, 1.54) is 48.7 Å². The maximum absolute atomic E-state index is 9.00. The average molecular weight is 721 g/mol. The first-order valence-electron chi connectivity index (χ1n) is 18.5. The van der Waals surface area contributed by atoms with Crippen LogP contribution >= 0.6 is 11.3 Å². The largest absolute Gasteiger partial charge is 0.496 e. The molecule has 1 aliphatic rings. The van der Waals surface area contributed by atoms with E-state index in [4.69, 9.17) is 24.1 Å². The maximum atomic E-state index is 9.00. The third kappa shape index (κ3) is 13.2. The lowest BCUT2D eigenvalue weighted by Crippen LogP contribution is -2.46. The van der Waals surface area contributed by atoms with E-state index < -0.39 is 5.97 Å². The topological polar surface area (TPSA) is 71.5 Å². The van der Waals surface area contributed by atoms with Crippen molar-refractivity contribution in [1.82, 2.24) is 9.80 Å². The molecule has 3 aromatic rings. The zero-order chi connectivity index (χ0) is 38.1. The van der Waals surface area contributed by atoms with Crippen LogP contribution in [0.4, 0.5) is 0 Å². The van der Waals surface area contributed by atoms with Crippen LogP contribution in [0.25, 0.3) is 16.0 Å². The number of hydrogen-bond donors (Lipinski definition) is 1. The van der Waals surface area contributed by atoms with Gasteiger partial charge in [-0.3, -0.25) is 14.6 Å². The Kier molecular flexibility index (Phi) is 19.1. The second-order valence-electron chi connectivity index (χ2n) is 13.0. The van der Waals surface area contributed by atoms with Crippen molar-refractivity contribution < 1.29 is 24.1 Å². The van der Waals surface area contributed by atoms with Gasteiger partial charge in [-0.05, 0) is 103 Å². The van der Waals surface area contributed by atoms with Crippen LogP contribution in [0.5, 0.6) is 17.2 Å². The van der Waals surface area contributed by atoms with Gasteiger partial charge in [0, 0.05) is 55.9 Å². The van der Waals surface area contributed by atoms with E-state index in [1.807, 2.05) is 25.2 Å². The van der Waals surface area contributed by atoms with Gasteiger partial charge in [-0.2, -0.15) is 0 Å². The van der Waals surface area contributed by atoms with Gasteiger partial charge < -0.3 is 19.3 Å². The van der Waals surface area contributed by atoms with Gasteiger partial charge >= 0.3 is 0 Å². The summed E-state index contributed by atoms with van der Waals surface area (Å²) in [5.41, 5.74) is 8.91. The van der Waals surface area contributed by atoms with Crippen LogP contribution < -0.4 is 14.2 Å². The number of thiophene rings is 1. The molecule has 0 bridgehead atoms. The van der Waals surface area contributed by atoms with Crippen LogP contribution in [0.2, 0.25) is 0 Å². The van der Waals surface area contributed by atoms with Crippen LogP contribution in [0.1, 0.15) is 88.4 Å². The Bertz CT molecular complexity index is 1580. The molecule has 2 aromatic carbocycles. The van der Waals surface area contributed by atoms with Crippen molar-refractivity contribution in [3.63, 3.8) is 0 Å². The van der Waals surface area contributed by atoms with Crippen molar-refractivity contribution in [3.8, 4) is 27.7 Å². The van der Waals surface area contributed by atoms with Crippen molar-refractivity contribution in [3.05, 3.63) is 81.3 Å². The molecule has 7 nitrogen and oxygen atoms in total. The monoisotopic (exact) mass is 720 g/mol. The lowest BCUT2D eigenvalue weighted by atomic mass is 9.95. The van der Waals surface area contributed by atoms with Gasteiger partial charge in [-0.15, -0.1) is 11.3 Å². The van der Waals surface area contributed by atoms with E-state index in [9.17, 15) is 0 Å². The number of nitrogens with zero attached hydrogens (tertiary/aromatic N) is 2. The first kappa shape index (κ1) is 43.6. The molecular formula is C43H64N2O5S. The summed E-state index contributed by atoms with van der Waals surface area (Å²) in [7, 11) is 5.20. The summed E-state index contributed by atoms with van der Waals surface area (Å²) in [6.07, 6.45) is 7.88. The Hall–Kier alpha value is -3.59. The number of aryl methyl sites for hydroxylation is 2. The number of benzene rings is 2. The van der Waals surface area contributed by atoms with E-state index in [0.29, 0.717) is 5.92 Å². The van der Waals surface area contributed by atoms with Crippen molar-refractivity contribution in [2.45, 2.75) is 88.1 Å². The highest BCUT2D eigenvalue weighted by Gasteiger charge is 2.20. The highest BCUT2D eigenvalue weighted by molar-refractivity contribution is 7.15.